The van der Waals surface area contributed by atoms with Gasteiger partial charge in [-0.15, -0.1) is 0 Å². The topological polar surface area (TPSA) is 47.0 Å². The molecule has 0 spiro atoms. The molecule has 3 atom stereocenters. The second kappa shape index (κ2) is 4.63. The highest BCUT2D eigenvalue weighted by Crippen LogP contribution is 2.33. The first-order valence-electron chi connectivity index (χ1n) is 6.31. The summed E-state index contributed by atoms with van der Waals surface area (Å²) in [5.74, 6) is 0.344. The van der Waals surface area contributed by atoms with Crippen LogP contribution in [0, 0.1) is 5.92 Å². The standard InChI is InChI=1S/C12H14F3N3O/c13-12(14,15)10-3-4-16-11(18-10)19-6-7-5-8-1-2-9(7)17-8/h3-4,7-9,17H,1-2,5-6H2. The van der Waals surface area contributed by atoms with Gasteiger partial charge in [-0.25, -0.2) is 4.98 Å². The summed E-state index contributed by atoms with van der Waals surface area (Å²) in [4.78, 5) is 7.11. The fraction of sp³-hybridized carbons (Fsp3) is 0.667. The van der Waals surface area contributed by atoms with E-state index >= 15 is 0 Å². The maximum Gasteiger partial charge on any atom is 0.433 e. The van der Waals surface area contributed by atoms with Crippen LogP contribution in [0.3, 0.4) is 0 Å². The normalized spacial score (nSPS) is 29.7. The van der Waals surface area contributed by atoms with Crippen LogP contribution < -0.4 is 10.1 Å². The highest BCUT2D eigenvalue weighted by atomic mass is 19.4. The Kier molecular flexibility index (Phi) is 3.08. The van der Waals surface area contributed by atoms with E-state index in [1.54, 1.807) is 0 Å². The van der Waals surface area contributed by atoms with Crippen molar-refractivity contribution in [3.63, 3.8) is 0 Å². The predicted octanol–water partition coefficient (Wildman–Crippen LogP) is 2.01. The molecule has 3 heterocycles. The Hall–Kier alpha value is -1.37. The van der Waals surface area contributed by atoms with Gasteiger partial charge in [-0.05, 0) is 25.3 Å². The number of hydrogen-bond donors (Lipinski definition) is 1. The number of alkyl halides is 3. The quantitative estimate of drug-likeness (QED) is 0.915. The van der Waals surface area contributed by atoms with Gasteiger partial charge in [0.1, 0.15) is 0 Å². The fourth-order valence-corrected chi connectivity index (χ4v) is 2.87. The van der Waals surface area contributed by atoms with Gasteiger partial charge in [-0.3, -0.25) is 0 Å². The van der Waals surface area contributed by atoms with E-state index in [1.165, 1.54) is 6.42 Å². The Bertz CT molecular complexity index is 466. The number of halogens is 3. The summed E-state index contributed by atoms with van der Waals surface area (Å²) < 4.78 is 42.7. The number of ether oxygens (including phenoxy) is 1. The molecule has 19 heavy (non-hydrogen) atoms. The number of nitrogens with one attached hydrogen (secondary N) is 1. The number of fused-ring (bicyclic) bond motifs is 2. The van der Waals surface area contributed by atoms with E-state index in [1.807, 2.05) is 0 Å². The van der Waals surface area contributed by atoms with Crippen molar-refractivity contribution in [2.75, 3.05) is 6.61 Å². The van der Waals surface area contributed by atoms with Crippen LogP contribution in [0.2, 0.25) is 0 Å². The summed E-state index contributed by atoms with van der Waals surface area (Å²) >= 11 is 0. The Morgan fingerprint density at radius 1 is 1.37 bits per heavy atom. The molecule has 3 unspecified atom stereocenters. The van der Waals surface area contributed by atoms with Crippen LogP contribution in [-0.4, -0.2) is 28.7 Å². The van der Waals surface area contributed by atoms with E-state index in [2.05, 4.69) is 15.3 Å². The SMILES string of the molecule is FC(F)(F)c1ccnc(OCC2CC3CCC2N3)n1. The Morgan fingerprint density at radius 2 is 2.21 bits per heavy atom. The number of hydrogen-bond acceptors (Lipinski definition) is 4. The van der Waals surface area contributed by atoms with Crippen molar-refractivity contribution >= 4 is 0 Å². The van der Waals surface area contributed by atoms with Crippen molar-refractivity contribution in [1.82, 2.24) is 15.3 Å². The second-order valence-electron chi connectivity index (χ2n) is 5.08. The molecule has 2 aliphatic rings. The molecule has 0 radical (unpaired) electrons. The van der Waals surface area contributed by atoms with Gasteiger partial charge < -0.3 is 10.1 Å². The Labute approximate surface area is 108 Å². The molecule has 104 valence electrons. The van der Waals surface area contributed by atoms with Crippen LogP contribution in [0.25, 0.3) is 0 Å². The lowest BCUT2D eigenvalue weighted by molar-refractivity contribution is -0.141. The van der Waals surface area contributed by atoms with Crippen LogP contribution in [-0.2, 0) is 6.18 Å². The number of nitrogens with zero attached hydrogens (tertiary/aromatic N) is 2. The monoisotopic (exact) mass is 273 g/mol. The van der Waals surface area contributed by atoms with Crippen molar-refractivity contribution in [3.8, 4) is 6.01 Å². The third-order valence-electron chi connectivity index (χ3n) is 3.78. The van der Waals surface area contributed by atoms with Gasteiger partial charge in [0.15, 0.2) is 5.69 Å². The van der Waals surface area contributed by atoms with Gasteiger partial charge in [-0.2, -0.15) is 18.2 Å². The minimum Gasteiger partial charge on any atom is -0.463 e. The molecule has 7 heteroatoms. The zero-order chi connectivity index (χ0) is 13.5. The molecular weight excluding hydrogens is 259 g/mol. The summed E-state index contributed by atoms with van der Waals surface area (Å²) in [7, 11) is 0. The lowest BCUT2D eigenvalue weighted by Gasteiger charge is -2.19. The van der Waals surface area contributed by atoms with E-state index in [-0.39, 0.29) is 6.01 Å². The Morgan fingerprint density at radius 3 is 2.84 bits per heavy atom. The largest absolute Gasteiger partial charge is 0.463 e. The van der Waals surface area contributed by atoms with Gasteiger partial charge in [0.25, 0.3) is 0 Å². The lowest BCUT2D eigenvalue weighted by Crippen LogP contribution is -2.27. The molecule has 2 fully saturated rings. The maximum atomic E-state index is 12.5. The van der Waals surface area contributed by atoms with E-state index < -0.39 is 11.9 Å². The van der Waals surface area contributed by atoms with Crippen LogP contribution in [0.15, 0.2) is 12.3 Å². The minimum atomic E-state index is -4.46. The van der Waals surface area contributed by atoms with Crippen molar-refractivity contribution < 1.29 is 17.9 Å². The molecule has 0 saturated carbocycles. The zero-order valence-electron chi connectivity index (χ0n) is 10.2. The summed E-state index contributed by atoms with van der Waals surface area (Å²) in [6.07, 6.45) is -0.0772. The molecule has 1 N–H and O–H groups in total. The van der Waals surface area contributed by atoms with Crippen LogP contribution in [0.5, 0.6) is 6.01 Å². The molecule has 2 saturated heterocycles. The molecule has 2 bridgehead atoms. The predicted molar refractivity (Wildman–Crippen MR) is 60.6 cm³/mol. The molecular formula is C12H14F3N3O. The maximum absolute atomic E-state index is 12.5. The lowest BCUT2D eigenvalue weighted by atomic mass is 9.90. The first kappa shape index (κ1) is 12.7. The summed E-state index contributed by atoms with van der Waals surface area (Å²) in [6, 6.07) is 1.61. The van der Waals surface area contributed by atoms with Gasteiger partial charge in [0.2, 0.25) is 0 Å². The van der Waals surface area contributed by atoms with Crippen LogP contribution in [0.1, 0.15) is 25.0 Å². The van der Waals surface area contributed by atoms with Crippen molar-refractivity contribution in [3.05, 3.63) is 18.0 Å². The minimum absolute atomic E-state index is 0.197. The summed E-state index contributed by atoms with van der Waals surface area (Å²) in [5.41, 5.74) is -0.969. The smallest absolute Gasteiger partial charge is 0.433 e. The van der Waals surface area contributed by atoms with Gasteiger partial charge in [0.05, 0.1) is 6.61 Å². The fourth-order valence-electron chi connectivity index (χ4n) is 2.87. The molecule has 4 nitrogen and oxygen atoms in total. The summed E-state index contributed by atoms with van der Waals surface area (Å²) in [5, 5.41) is 3.45. The van der Waals surface area contributed by atoms with E-state index in [9.17, 15) is 13.2 Å². The molecule has 0 aliphatic carbocycles. The number of aromatic nitrogens is 2. The molecule has 0 amide bonds. The second-order valence-corrected chi connectivity index (χ2v) is 5.08. The van der Waals surface area contributed by atoms with E-state index in [0.29, 0.717) is 24.6 Å². The van der Waals surface area contributed by atoms with Gasteiger partial charge in [0, 0.05) is 24.2 Å². The van der Waals surface area contributed by atoms with Crippen molar-refractivity contribution in [1.29, 1.82) is 0 Å². The van der Waals surface area contributed by atoms with E-state index in [0.717, 1.165) is 25.1 Å². The molecule has 1 aromatic heterocycles. The van der Waals surface area contributed by atoms with Gasteiger partial charge in [-0.1, -0.05) is 0 Å². The van der Waals surface area contributed by atoms with Crippen LogP contribution >= 0.6 is 0 Å². The third-order valence-corrected chi connectivity index (χ3v) is 3.78. The molecule has 0 aromatic carbocycles. The first-order valence-corrected chi connectivity index (χ1v) is 6.31. The average molecular weight is 273 g/mol. The highest BCUT2D eigenvalue weighted by Gasteiger charge is 2.39. The zero-order valence-corrected chi connectivity index (χ0v) is 10.2. The van der Waals surface area contributed by atoms with Crippen molar-refractivity contribution in [2.45, 2.75) is 37.5 Å². The Balaban J connectivity index is 1.61. The van der Waals surface area contributed by atoms with Crippen molar-refractivity contribution in [2.24, 2.45) is 5.92 Å². The summed E-state index contributed by atoms with van der Waals surface area (Å²) in [6.45, 7) is 0.371. The molecule has 3 rings (SSSR count). The van der Waals surface area contributed by atoms with E-state index in [4.69, 9.17) is 4.74 Å². The average Bonchev–Trinajstić information content (AvgIpc) is 2.98. The molecule has 2 aliphatic heterocycles. The highest BCUT2D eigenvalue weighted by molar-refractivity contribution is 5.09. The number of rotatable bonds is 3. The molecule has 1 aromatic rings. The van der Waals surface area contributed by atoms with Gasteiger partial charge >= 0.3 is 12.2 Å². The third kappa shape index (κ3) is 2.65. The first-order chi connectivity index (χ1) is 9.02. The van der Waals surface area contributed by atoms with Crippen LogP contribution in [0.4, 0.5) is 13.2 Å².